The second kappa shape index (κ2) is 7.11. The predicted octanol–water partition coefficient (Wildman–Crippen LogP) is 3.17. The van der Waals surface area contributed by atoms with Crippen LogP contribution in [0.1, 0.15) is 22.7 Å². The number of ether oxygens (including phenoxy) is 2. The van der Waals surface area contributed by atoms with E-state index in [0.717, 1.165) is 22.6 Å². The van der Waals surface area contributed by atoms with E-state index in [-0.39, 0.29) is 6.04 Å². The van der Waals surface area contributed by atoms with Gasteiger partial charge in [-0.05, 0) is 58.8 Å². The summed E-state index contributed by atoms with van der Waals surface area (Å²) in [5.41, 5.74) is 6.17. The van der Waals surface area contributed by atoms with Gasteiger partial charge in [0.25, 0.3) is 0 Å². The molecule has 0 saturated carbocycles. The fraction of sp³-hybridized carbons (Fsp3) is 0.250. The number of methoxy groups -OCH3 is 2. The quantitative estimate of drug-likeness (QED) is 0.462. The van der Waals surface area contributed by atoms with Crippen molar-refractivity contribution in [2.75, 3.05) is 14.2 Å². The minimum atomic E-state index is -0.165. The smallest absolute Gasteiger partial charge is 0.124 e. The van der Waals surface area contributed by atoms with E-state index >= 15 is 0 Å². The first-order valence-electron chi connectivity index (χ1n) is 6.55. The summed E-state index contributed by atoms with van der Waals surface area (Å²) in [5, 5.41) is 0. The highest BCUT2D eigenvalue weighted by molar-refractivity contribution is 14.1. The van der Waals surface area contributed by atoms with Crippen LogP contribution in [0, 0.1) is 10.5 Å². The maximum absolute atomic E-state index is 5.82. The van der Waals surface area contributed by atoms with Crippen LogP contribution in [0.4, 0.5) is 0 Å². The third-order valence-corrected chi connectivity index (χ3v) is 4.92. The second-order valence-electron chi connectivity index (χ2n) is 4.69. The maximum atomic E-state index is 5.82. The number of benzene rings is 2. The first-order valence-corrected chi connectivity index (χ1v) is 7.63. The van der Waals surface area contributed by atoms with Crippen molar-refractivity contribution in [3.05, 3.63) is 56.7 Å². The van der Waals surface area contributed by atoms with Crippen molar-refractivity contribution >= 4 is 22.6 Å². The third-order valence-electron chi connectivity index (χ3n) is 3.45. The van der Waals surface area contributed by atoms with Crippen LogP contribution in [0.3, 0.4) is 0 Å². The molecule has 1 atom stereocenters. The van der Waals surface area contributed by atoms with E-state index in [1.165, 1.54) is 9.13 Å². The monoisotopic (exact) mass is 398 g/mol. The number of halogens is 1. The van der Waals surface area contributed by atoms with Crippen LogP contribution in [-0.4, -0.2) is 14.2 Å². The van der Waals surface area contributed by atoms with Crippen LogP contribution in [0.15, 0.2) is 36.4 Å². The Labute approximate surface area is 138 Å². The lowest BCUT2D eigenvalue weighted by Crippen LogP contribution is -2.30. The average molecular weight is 398 g/mol. The number of aryl methyl sites for hydroxylation is 1. The van der Waals surface area contributed by atoms with E-state index in [1.807, 2.05) is 24.3 Å². The lowest BCUT2D eigenvalue weighted by atomic mass is 9.97. The molecule has 2 aromatic rings. The summed E-state index contributed by atoms with van der Waals surface area (Å²) in [6.07, 6.45) is 0. The molecular formula is C16H19IN2O2. The van der Waals surface area contributed by atoms with Crippen LogP contribution in [0.25, 0.3) is 0 Å². The van der Waals surface area contributed by atoms with Gasteiger partial charge in [0.05, 0.1) is 20.3 Å². The van der Waals surface area contributed by atoms with E-state index in [1.54, 1.807) is 14.2 Å². The molecule has 0 fully saturated rings. The van der Waals surface area contributed by atoms with Crippen molar-refractivity contribution in [3.8, 4) is 11.5 Å². The van der Waals surface area contributed by atoms with Crippen LogP contribution in [-0.2, 0) is 0 Å². The molecule has 0 aliphatic carbocycles. The largest absolute Gasteiger partial charge is 0.497 e. The number of hydrazine groups is 1. The Morgan fingerprint density at radius 1 is 1.10 bits per heavy atom. The summed E-state index contributed by atoms with van der Waals surface area (Å²) >= 11 is 2.34. The van der Waals surface area contributed by atoms with Crippen molar-refractivity contribution in [1.29, 1.82) is 0 Å². The van der Waals surface area contributed by atoms with Gasteiger partial charge in [0.15, 0.2) is 0 Å². The minimum absolute atomic E-state index is 0.165. The summed E-state index contributed by atoms with van der Waals surface area (Å²) in [6.45, 7) is 2.08. The molecule has 0 radical (unpaired) electrons. The van der Waals surface area contributed by atoms with E-state index in [4.69, 9.17) is 15.3 Å². The Bertz CT molecular complexity index is 632. The number of rotatable bonds is 5. The van der Waals surface area contributed by atoms with E-state index in [9.17, 15) is 0 Å². The van der Waals surface area contributed by atoms with E-state index < -0.39 is 0 Å². The number of nitrogens with one attached hydrogen (secondary N) is 1. The molecule has 0 amide bonds. The summed E-state index contributed by atoms with van der Waals surface area (Å²) in [6, 6.07) is 11.7. The average Bonchev–Trinajstić information content (AvgIpc) is 2.52. The summed E-state index contributed by atoms with van der Waals surface area (Å²) in [5.74, 6) is 7.37. The molecule has 1 unspecified atom stereocenters. The topological polar surface area (TPSA) is 56.5 Å². The highest BCUT2D eigenvalue weighted by Gasteiger charge is 2.20. The molecule has 0 bridgehead atoms. The summed E-state index contributed by atoms with van der Waals surface area (Å²) in [7, 11) is 3.30. The summed E-state index contributed by atoms with van der Waals surface area (Å²) < 4.78 is 12.0. The zero-order chi connectivity index (χ0) is 15.4. The molecule has 4 nitrogen and oxygen atoms in total. The molecule has 0 spiro atoms. The van der Waals surface area contributed by atoms with Crippen LogP contribution in [0.2, 0.25) is 0 Å². The fourth-order valence-electron chi connectivity index (χ4n) is 2.31. The Hall–Kier alpha value is -1.31. The van der Waals surface area contributed by atoms with Crippen molar-refractivity contribution in [2.24, 2.45) is 5.84 Å². The van der Waals surface area contributed by atoms with Gasteiger partial charge < -0.3 is 9.47 Å². The maximum Gasteiger partial charge on any atom is 0.124 e. The molecular weight excluding hydrogens is 379 g/mol. The standard InChI is InChI=1S/C16H19IN2O2/c1-10-5-4-6-12(15(10)17)16(19-18)13-9-11(20-2)7-8-14(13)21-3/h4-9,16,19H,18H2,1-3H3. The minimum Gasteiger partial charge on any atom is -0.497 e. The van der Waals surface area contributed by atoms with Gasteiger partial charge in [0, 0.05) is 9.13 Å². The second-order valence-corrected chi connectivity index (χ2v) is 5.76. The van der Waals surface area contributed by atoms with Crippen molar-refractivity contribution < 1.29 is 9.47 Å². The highest BCUT2D eigenvalue weighted by atomic mass is 127. The molecule has 2 aromatic carbocycles. The van der Waals surface area contributed by atoms with Crippen molar-refractivity contribution in [1.82, 2.24) is 5.43 Å². The molecule has 0 saturated heterocycles. The zero-order valence-corrected chi connectivity index (χ0v) is 14.5. The Kier molecular flexibility index (Phi) is 5.44. The van der Waals surface area contributed by atoms with Gasteiger partial charge in [0.1, 0.15) is 11.5 Å². The molecule has 2 rings (SSSR count). The first kappa shape index (κ1) is 16.1. The van der Waals surface area contributed by atoms with Gasteiger partial charge in [-0.3, -0.25) is 5.84 Å². The van der Waals surface area contributed by atoms with Gasteiger partial charge in [0.2, 0.25) is 0 Å². The lowest BCUT2D eigenvalue weighted by molar-refractivity contribution is 0.394. The molecule has 112 valence electrons. The molecule has 3 N–H and O–H groups in total. The van der Waals surface area contributed by atoms with Gasteiger partial charge >= 0.3 is 0 Å². The zero-order valence-electron chi connectivity index (χ0n) is 12.3. The molecule has 5 heteroatoms. The van der Waals surface area contributed by atoms with E-state index in [0.29, 0.717) is 0 Å². The Morgan fingerprint density at radius 2 is 1.86 bits per heavy atom. The Balaban J connectivity index is 2.57. The van der Waals surface area contributed by atoms with Gasteiger partial charge in [-0.2, -0.15) is 0 Å². The number of nitrogens with two attached hydrogens (primary N) is 1. The molecule has 0 aliphatic heterocycles. The first-order chi connectivity index (χ1) is 10.1. The van der Waals surface area contributed by atoms with Gasteiger partial charge in [-0.1, -0.05) is 18.2 Å². The van der Waals surface area contributed by atoms with Crippen LogP contribution >= 0.6 is 22.6 Å². The van der Waals surface area contributed by atoms with Gasteiger partial charge in [-0.25, -0.2) is 5.43 Å². The SMILES string of the molecule is COc1ccc(OC)c(C(NN)c2cccc(C)c2I)c1. The summed E-state index contributed by atoms with van der Waals surface area (Å²) in [4.78, 5) is 0. The molecule has 0 aromatic heterocycles. The van der Waals surface area contributed by atoms with Gasteiger partial charge in [-0.15, -0.1) is 0 Å². The number of hydrogen-bond donors (Lipinski definition) is 2. The number of hydrogen-bond acceptors (Lipinski definition) is 4. The Morgan fingerprint density at radius 3 is 2.48 bits per heavy atom. The predicted molar refractivity (Wildman–Crippen MR) is 92.6 cm³/mol. The van der Waals surface area contributed by atoms with Crippen LogP contribution in [0.5, 0.6) is 11.5 Å². The third kappa shape index (κ3) is 3.30. The van der Waals surface area contributed by atoms with Crippen molar-refractivity contribution in [2.45, 2.75) is 13.0 Å². The molecule has 0 aliphatic rings. The molecule has 0 heterocycles. The fourth-order valence-corrected chi connectivity index (χ4v) is 2.98. The lowest BCUT2D eigenvalue weighted by Gasteiger charge is -2.22. The normalized spacial score (nSPS) is 12.0. The van der Waals surface area contributed by atoms with E-state index in [2.05, 4.69) is 47.1 Å². The van der Waals surface area contributed by atoms with Crippen molar-refractivity contribution in [3.63, 3.8) is 0 Å². The highest BCUT2D eigenvalue weighted by Crippen LogP contribution is 2.35. The molecule has 21 heavy (non-hydrogen) atoms. The van der Waals surface area contributed by atoms with Crippen LogP contribution < -0.4 is 20.7 Å².